The standard InChI is InChI=1S/C19H30FN/c1-4-21-13-17-10-9-15(14(2)3)11-18(17)12-16-7-5-6-8-19(16)20/h5-8,14-15,17-18,21H,4,9-13H2,1-3H3. The molecule has 0 radical (unpaired) electrons. The van der Waals surface area contributed by atoms with Gasteiger partial charge in [-0.2, -0.15) is 0 Å². The molecule has 1 aromatic rings. The average Bonchev–Trinajstić information content (AvgIpc) is 2.48. The van der Waals surface area contributed by atoms with Crippen LogP contribution < -0.4 is 5.32 Å². The predicted molar refractivity (Wildman–Crippen MR) is 87.8 cm³/mol. The van der Waals surface area contributed by atoms with E-state index in [-0.39, 0.29) is 5.82 Å². The van der Waals surface area contributed by atoms with Gasteiger partial charge in [0.2, 0.25) is 0 Å². The summed E-state index contributed by atoms with van der Waals surface area (Å²) in [5, 5.41) is 3.50. The molecule has 2 heteroatoms. The van der Waals surface area contributed by atoms with Crippen molar-refractivity contribution in [3.63, 3.8) is 0 Å². The van der Waals surface area contributed by atoms with Gasteiger partial charge in [-0.15, -0.1) is 0 Å². The molecule has 3 atom stereocenters. The van der Waals surface area contributed by atoms with Crippen molar-refractivity contribution in [3.05, 3.63) is 35.6 Å². The Kier molecular flexibility index (Phi) is 6.22. The van der Waals surface area contributed by atoms with Crippen LogP contribution in [-0.2, 0) is 6.42 Å². The van der Waals surface area contributed by atoms with E-state index in [1.807, 2.05) is 12.1 Å². The van der Waals surface area contributed by atoms with Crippen LogP contribution in [0.25, 0.3) is 0 Å². The molecule has 0 bridgehead atoms. The molecule has 3 unspecified atom stereocenters. The lowest BCUT2D eigenvalue weighted by molar-refractivity contribution is 0.144. The minimum absolute atomic E-state index is 0.0358. The van der Waals surface area contributed by atoms with Gasteiger partial charge in [-0.3, -0.25) is 0 Å². The molecule has 1 N–H and O–H groups in total. The Morgan fingerprint density at radius 3 is 2.62 bits per heavy atom. The maximum atomic E-state index is 14.0. The van der Waals surface area contributed by atoms with Crippen molar-refractivity contribution in [1.82, 2.24) is 5.32 Å². The number of benzene rings is 1. The molecule has 1 aromatic carbocycles. The third-order valence-corrected chi connectivity index (χ3v) is 5.22. The second kappa shape index (κ2) is 7.93. The zero-order chi connectivity index (χ0) is 15.2. The highest BCUT2D eigenvalue weighted by molar-refractivity contribution is 5.18. The number of halogens is 1. The Morgan fingerprint density at radius 2 is 1.95 bits per heavy atom. The molecule has 21 heavy (non-hydrogen) atoms. The van der Waals surface area contributed by atoms with Crippen LogP contribution in [0.3, 0.4) is 0 Å². The Morgan fingerprint density at radius 1 is 1.19 bits per heavy atom. The fraction of sp³-hybridized carbons (Fsp3) is 0.684. The normalized spacial score (nSPS) is 26.2. The van der Waals surface area contributed by atoms with Gasteiger partial charge in [0.15, 0.2) is 0 Å². The largest absolute Gasteiger partial charge is 0.317 e. The lowest BCUT2D eigenvalue weighted by atomic mass is 9.68. The van der Waals surface area contributed by atoms with Crippen LogP contribution in [-0.4, -0.2) is 13.1 Å². The molecule has 0 spiro atoms. The highest BCUT2D eigenvalue weighted by atomic mass is 19.1. The van der Waals surface area contributed by atoms with Gasteiger partial charge in [0.1, 0.15) is 5.82 Å². The fourth-order valence-electron chi connectivity index (χ4n) is 3.76. The van der Waals surface area contributed by atoms with Gasteiger partial charge in [0.05, 0.1) is 0 Å². The lowest BCUT2D eigenvalue weighted by Crippen LogP contribution is -2.35. The molecule has 1 aliphatic carbocycles. The van der Waals surface area contributed by atoms with Crippen molar-refractivity contribution in [2.24, 2.45) is 23.7 Å². The molecule has 1 nitrogen and oxygen atoms in total. The molecule has 118 valence electrons. The third-order valence-electron chi connectivity index (χ3n) is 5.22. The van der Waals surface area contributed by atoms with Crippen molar-refractivity contribution in [3.8, 4) is 0 Å². The van der Waals surface area contributed by atoms with E-state index in [9.17, 15) is 4.39 Å². The quantitative estimate of drug-likeness (QED) is 0.803. The van der Waals surface area contributed by atoms with Gasteiger partial charge in [-0.05, 0) is 74.1 Å². The molecule has 0 saturated heterocycles. The van der Waals surface area contributed by atoms with Crippen molar-refractivity contribution >= 4 is 0 Å². The first-order valence-electron chi connectivity index (χ1n) is 8.55. The van der Waals surface area contributed by atoms with Gasteiger partial charge in [0, 0.05) is 0 Å². The summed E-state index contributed by atoms with van der Waals surface area (Å²) >= 11 is 0. The number of hydrogen-bond acceptors (Lipinski definition) is 1. The SMILES string of the molecule is CCNCC1CCC(C(C)C)CC1Cc1ccccc1F. The smallest absolute Gasteiger partial charge is 0.126 e. The summed E-state index contributed by atoms with van der Waals surface area (Å²) in [6.07, 6.45) is 4.77. The minimum Gasteiger partial charge on any atom is -0.317 e. The monoisotopic (exact) mass is 291 g/mol. The molecule has 1 saturated carbocycles. The summed E-state index contributed by atoms with van der Waals surface area (Å²) in [6, 6.07) is 7.29. The van der Waals surface area contributed by atoms with Crippen LogP contribution in [0.1, 0.15) is 45.6 Å². The summed E-state index contributed by atoms with van der Waals surface area (Å²) in [7, 11) is 0. The minimum atomic E-state index is -0.0358. The maximum absolute atomic E-state index is 14.0. The molecule has 1 fully saturated rings. The second-order valence-electron chi connectivity index (χ2n) is 6.94. The molecular weight excluding hydrogens is 261 g/mol. The first-order valence-corrected chi connectivity index (χ1v) is 8.55. The number of rotatable bonds is 6. The van der Waals surface area contributed by atoms with Crippen LogP contribution in [0.5, 0.6) is 0 Å². The van der Waals surface area contributed by atoms with E-state index in [2.05, 4.69) is 26.1 Å². The molecule has 0 heterocycles. The predicted octanol–water partition coefficient (Wildman–Crippen LogP) is 4.67. The fourth-order valence-corrected chi connectivity index (χ4v) is 3.76. The summed E-state index contributed by atoms with van der Waals surface area (Å²) < 4.78 is 14.0. The van der Waals surface area contributed by atoms with Crippen LogP contribution in [0.2, 0.25) is 0 Å². The first kappa shape index (κ1) is 16.5. The topological polar surface area (TPSA) is 12.0 Å². The Balaban J connectivity index is 2.07. The molecule has 0 aliphatic heterocycles. The van der Waals surface area contributed by atoms with Crippen molar-refractivity contribution < 1.29 is 4.39 Å². The average molecular weight is 291 g/mol. The van der Waals surface area contributed by atoms with Crippen LogP contribution >= 0.6 is 0 Å². The zero-order valence-electron chi connectivity index (χ0n) is 13.7. The molecule has 1 aliphatic rings. The van der Waals surface area contributed by atoms with Gasteiger partial charge < -0.3 is 5.32 Å². The van der Waals surface area contributed by atoms with E-state index < -0.39 is 0 Å². The van der Waals surface area contributed by atoms with Gasteiger partial charge in [0.25, 0.3) is 0 Å². The highest BCUT2D eigenvalue weighted by Crippen LogP contribution is 2.39. The number of nitrogens with one attached hydrogen (secondary N) is 1. The van der Waals surface area contributed by atoms with Crippen LogP contribution in [0.4, 0.5) is 4.39 Å². The summed E-state index contributed by atoms with van der Waals surface area (Å²) in [5.41, 5.74) is 0.897. The van der Waals surface area contributed by atoms with Crippen molar-refractivity contribution in [1.29, 1.82) is 0 Å². The zero-order valence-corrected chi connectivity index (χ0v) is 13.7. The maximum Gasteiger partial charge on any atom is 0.126 e. The van der Waals surface area contributed by atoms with E-state index in [0.29, 0.717) is 11.8 Å². The first-order chi connectivity index (χ1) is 10.1. The van der Waals surface area contributed by atoms with Crippen LogP contribution in [0, 0.1) is 29.5 Å². The lowest BCUT2D eigenvalue weighted by Gasteiger charge is -2.38. The summed E-state index contributed by atoms with van der Waals surface area (Å²) in [4.78, 5) is 0. The second-order valence-corrected chi connectivity index (χ2v) is 6.94. The van der Waals surface area contributed by atoms with E-state index in [4.69, 9.17) is 0 Å². The van der Waals surface area contributed by atoms with E-state index in [0.717, 1.165) is 36.9 Å². The van der Waals surface area contributed by atoms with Gasteiger partial charge >= 0.3 is 0 Å². The van der Waals surface area contributed by atoms with Crippen molar-refractivity contribution in [2.75, 3.05) is 13.1 Å². The van der Waals surface area contributed by atoms with E-state index >= 15 is 0 Å². The number of hydrogen-bond donors (Lipinski definition) is 1. The molecular formula is C19H30FN. The van der Waals surface area contributed by atoms with E-state index in [1.54, 1.807) is 12.1 Å². The Labute approximate surface area is 129 Å². The molecule has 2 rings (SSSR count). The van der Waals surface area contributed by atoms with Gasteiger partial charge in [-0.25, -0.2) is 4.39 Å². The Hall–Kier alpha value is -0.890. The van der Waals surface area contributed by atoms with Crippen molar-refractivity contribution in [2.45, 2.75) is 46.5 Å². The molecule has 0 amide bonds. The Bertz CT molecular complexity index is 429. The summed E-state index contributed by atoms with van der Waals surface area (Å²) in [6.45, 7) is 8.92. The van der Waals surface area contributed by atoms with Crippen LogP contribution in [0.15, 0.2) is 24.3 Å². The highest BCUT2D eigenvalue weighted by Gasteiger charge is 2.31. The molecule has 0 aromatic heterocycles. The van der Waals surface area contributed by atoms with Gasteiger partial charge in [-0.1, -0.05) is 39.0 Å². The van der Waals surface area contributed by atoms with E-state index in [1.165, 1.54) is 19.3 Å². The third kappa shape index (κ3) is 4.54. The summed E-state index contributed by atoms with van der Waals surface area (Å²) in [5.74, 6) is 2.82.